The predicted molar refractivity (Wildman–Crippen MR) is 80.0 cm³/mol. The van der Waals surface area contributed by atoms with Crippen LogP contribution in [0.15, 0.2) is 57.4 Å². The number of hydrogen-bond acceptors (Lipinski definition) is 4. The second-order valence-electron chi connectivity index (χ2n) is 5.44. The van der Waals surface area contributed by atoms with Gasteiger partial charge in [-0.1, -0.05) is 25.1 Å². The van der Waals surface area contributed by atoms with Crippen molar-refractivity contribution in [2.24, 2.45) is 16.8 Å². The van der Waals surface area contributed by atoms with Gasteiger partial charge in [0.25, 0.3) is 0 Å². The van der Waals surface area contributed by atoms with Crippen LogP contribution in [0.3, 0.4) is 0 Å². The van der Waals surface area contributed by atoms with E-state index in [-0.39, 0.29) is 23.5 Å². The highest BCUT2D eigenvalue weighted by Crippen LogP contribution is 2.31. The van der Waals surface area contributed by atoms with Crippen molar-refractivity contribution in [1.29, 1.82) is 0 Å². The lowest BCUT2D eigenvalue weighted by Gasteiger charge is -2.29. The van der Waals surface area contributed by atoms with E-state index in [9.17, 15) is 9.59 Å². The fraction of sp³-hybridized carbons (Fsp3) is 0.250. The lowest BCUT2D eigenvalue weighted by molar-refractivity contribution is -0.116. The third-order valence-electron chi connectivity index (χ3n) is 3.57. The van der Waals surface area contributed by atoms with Gasteiger partial charge in [-0.2, -0.15) is 0 Å². The van der Waals surface area contributed by atoms with Crippen LogP contribution in [-0.4, -0.2) is 22.7 Å². The molecule has 2 heterocycles. The van der Waals surface area contributed by atoms with E-state index in [0.29, 0.717) is 5.71 Å². The first kappa shape index (κ1) is 14.2. The average Bonchev–Trinajstić information content (AvgIpc) is 3.00. The summed E-state index contributed by atoms with van der Waals surface area (Å²) >= 11 is 0. The van der Waals surface area contributed by atoms with E-state index >= 15 is 0 Å². The van der Waals surface area contributed by atoms with Crippen molar-refractivity contribution in [2.45, 2.75) is 13.8 Å². The molecule has 6 nitrogen and oxygen atoms in total. The second kappa shape index (κ2) is 5.55. The third kappa shape index (κ3) is 2.67. The molecule has 2 amide bonds. The molecule has 1 atom stereocenters. The topological polar surface area (TPSA) is 84.6 Å². The Bertz CT molecular complexity index is 737. The van der Waals surface area contributed by atoms with Crippen molar-refractivity contribution in [2.75, 3.05) is 0 Å². The maximum atomic E-state index is 11.9. The maximum Gasteiger partial charge on any atom is 0.316 e. The zero-order valence-corrected chi connectivity index (χ0v) is 12.2. The molecule has 0 saturated heterocycles. The highest BCUT2D eigenvalue weighted by atomic mass is 16.5. The Morgan fingerprint density at radius 1 is 1.41 bits per heavy atom. The first-order chi connectivity index (χ1) is 10.5. The van der Waals surface area contributed by atoms with E-state index in [0.717, 1.165) is 11.3 Å². The molecule has 0 bridgehead atoms. The van der Waals surface area contributed by atoms with Crippen LogP contribution in [0.4, 0.5) is 0 Å². The van der Waals surface area contributed by atoms with Crippen LogP contribution < -0.4 is 5.32 Å². The first-order valence-corrected chi connectivity index (χ1v) is 7.00. The Morgan fingerprint density at radius 3 is 2.91 bits per heavy atom. The first-order valence-electron chi connectivity index (χ1n) is 7.00. The smallest absolute Gasteiger partial charge is 0.316 e. The molecular formula is C16H15N3O3. The minimum atomic E-state index is -0.505. The minimum Gasteiger partial charge on any atom is -0.351 e. The van der Waals surface area contributed by atoms with Crippen molar-refractivity contribution in [3.63, 3.8) is 0 Å². The number of fused-ring (bicyclic) bond motifs is 1. The minimum absolute atomic E-state index is 0.0250. The summed E-state index contributed by atoms with van der Waals surface area (Å²) in [5.41, 5.74) is 2.26. The summed E-state index contributed by atoms with van der Waals surface area (Å²) in [6.45, 7) is 4.10. The van der Waals surface area contributed by atoms with Crippen molar-refractivity contribution < 1.29 is 14.1 Å². The number of carbonyl (C=O) groups excluding carboxylic acids is 2. The van der Waals surface area contributed by atoms with Crippen LogP contribution in [0.2, 0.25) is 0 Å². The van der Waals surface area contributed by atoms with Crippen molar-refractivity contribution in [1.82, 2.24) is 10.5 Å². The van der Waals surface area contributed by atoms with E-state index < -0.39 is 5.91 Å². The number of nitrogens with zero attached hydrogens (tertiary/aromatic N) is 2. The molecule has 1 aromatic heterocycles. The van der Waals surface area contributed by atoms with Gasteiger partial charge in [-0.15, -0.1) is 0 Å². The van der Waals surface area contributed by atoms with Crippen LogP contribution in [0, 0.1) is 11.8 Å². The average molecular weight is 297 g/mol. The number of amides is 2. The molecule has 0 radical (unpaired) electrons. The third-order valence-corrected chi connectivity index (χ3v) is 3.57. The Labute approximate surface area is 127 Å². The molecule has 1 aromatic rings. The predicted octanol–water partition coefficient (Wildman–Crippen LogP) is 2.04. The Hall–Kier alpha value is -2.76. The molecule has 6 heteroatoms. The normalized spacial score (nSPS) is 22.2. The van der Waals surface area contributed by atoms with Gasteiger partial charge in [-0.3, -0.25) is 9.59 Å². The SMILES string of the molecule is CC(C)C1=CC(=O)NC2=CC(=NC(=O)c3ccno3)C=CC21. The van der Waals surface area contributed by atoms with Gasteiger partial charge in [-0.25, -0.2) is 4.99 Å². The van der Waals surface area contributed by atoms with Crippen LogP contribution >= 0.6 is 0 Å². The van der Waals surface area contributed by atoms with Gasteiger partial charge < -0.3 is 9.84 Å². The molecule has 112 valence electrons. The summed E-state index contributed by atoms with van der Waals surface area (Å²) in [7, 11) is 0. The van der Waals surface area contributed by atoms with Gasteiger partial charge in [0.2, 0.25) is 11.7 Å². The van der Waals surface area contributed by atoms with Crippen molar-refractivity contribution >= 4 is 17.5 Å². The van der Waals surface area contributed by atoms with Crippen molar-refractivity contribution in [3.8, 4) is 0 Å². The standard InChI is InChI=1S/C16H15N3O3/c1-9(2)12-8-15(20)19-13-7-10(3-4-11(12)13)18-16(21)14-5-6-17-22-14/h3-9,11H,1-2H3,(H,19,20). The van der Waals surface area contributed by atoms with E-state index in [1.807, 2.05) is 19.9 Å². The molecule has 1 aliphatic heterocycles. The van der Waals surface area contributed by atoms with Gasteiger partial charge >= 0.3 is 5.91 Å². The van der Waals surface area contributed by atoms with E-state index in [2.05, 4.69) is 15.5 Å². The van der Waals surface area contributed by atoms with Crippen molar-refractivity contribution in [3.05, 3.63) is 53.6 Å². The Morgan fingerprint density at radius 2 is 2.23 bits per heavy atom. The van der Waals surface area contributed by atoms with Gasteiger partial charge in [0.1, 0.15) is 0 Å². The van der Waals surface area contributed by atoms with Gasteiger partial charge in [0.05, 0.1) is 11.9 Å². The van der Waals surface area contributed by atoms with E-state index in [1.165, 1.54) is 12.3 Å². The molecular weight excluding hydrogens is 282 g/mol. The second-order valence-corrected chi connectivity index (χ2v) is 5.44. The number of carbonyl (C=O) groups is 2. The van der Waals surface area contributed by atoms with Crippen LogP contribution in [0.25, 0.3) is 0 Å². The summed E-state index contributed by atoms with van der Waals surface area (Å²) in [4.78, 5) is 27.6. The molecule has 0 fully saturated rings. The monoisotopic (exact) mass is 297 g/mol. The lowest BCUT2D eigenvalue weighted by Crippen LogP contribution is -2.34. The molecule has 2 aliphatic rings. The Balaban J connectivity index is 1.89. The zero-order valence-electron chi connectivity index (χ0n) is 12.2. The number of nitrogens with one attached hydrogen (secondary N) is 1. The van der Waals surface area contributed by atoms with Gasteiger partial charge in [-0.05, 0) is 23.6 Å². The molecule has 1 unspecified atom stereocenters. The number of hydrogen-bond donors (Lipinski definition) is 1. The fourth-order valence-electron chi connectivity index (χ4n) is 2.51. The Kier molecular flexibility index (Phi) is 3.58. The maximum absolute atomic E-state index is 11.9. The fourth-order valence-corrected chi connectivity index (χ4v) is 2.51. The molecule has 1 N–H and O–H groups in total. The lowest BCUT2D eigenvalue weighted by atomic mass is 9.82. The molecule has 22 heavy (non-hydrogen) atoms. The molecule has 0 saturated carbocycles. The molecule has 0 aromatic carbocycles. The van der Waals surface area contributed by atoms with Gasteiger partial charge in [0.15, 0.2) is 0 Å². The quantitative estimate of drug-likeness (QED) is 0.905. The van der Waals surface area contributed by atoms with Crippen LogP contribution in [0.5, 0.6) is 0 Å². The molecule has 0 spiro atoms. The highest BCUT2D eigenvalue weighted by Gasteiger charge is 2.28. The largest absolute Gasteiger partial charge is 0.351 e. The highest BCUT2D eigenvalue weighted by molar-refractivity contribution is 6.13. The summed E-state index contributed by atoms with van der Waals surface area (Å²) < 4.78 is 4.78. The molecule has 3 rings (SSSR count). The summed E-state index contributed by atoms with van der Waals surface area (Å²) in [5.74, 6) is -0.288. The zero-order chi connectivity index (χ0) is 15.7. The number of aromatic nitrogens is 1. The molecule has 1 aliphatic carbocycles. The summed E-state index contributed by atoms with van der Waals surface area (Å²) in [5, 5.41) is 6.29. The van der Waals surface area contributed by atoms with E-state index in [1.54, 1.807) is 18.2 Å². The number of aliphatic imine (C=N–C) groups is 1. The van der Waals surface area contributed by atoms with Crippen LogP contribution in [-0.2, 0) is 4.79 Å². The number of allylic oxidation sites excluding steroid dienone is 3. The van der Waals surface area contributed by atoms with Gasteiger partial charge in [0, 0.05) is 23.8 Å². The van der Waals surface area contributed by atoms with E-state index in [4.69, 9.17) is 4.52 Å². The summed E-state index contributed by atoms with van der Waals surface area (Å²) in [6, 6.07) is 1.46. The number of rotatable bonds is 2. The summed E-state index contributed by atoms with van der Waals surface area (Å²) in [6.07, 6.45) is 8.45. The van der Waals surface area contributed by atoms with Crippen LogP contribution in [0.1, 0.15) is 24.4 Å².